The van der Waals surface area contributed by atoms with Gasteiger partial charge in [-0.15, -0.1) is 0 Å². The van der Waals surface area contributed by atoms with Gasteiger partial charge in [0.2, 0.25) is 0 Å². The van der Waals surface area contributed by atoms with Crippen molar-refractivity contribution >= 4 is 21.8 Å². The van der Waals surface area contributed by atoms with E-state index < -0.39 is 0 Å². The Balaban J connectivity index is 1.81. The van der Waals surface area contributed by atoms with E-state index in [1.165, 1.54) is 5.56 Å². The second kappa shape index (κ2) is 8.86. The maximum atomic E-state index is 5.72. The van der Waals surface area contributed by atoms with Crippen LogP contribution in [0.5, 0.6) is 11.5 Å². The van der Waals surface area contributed by atoms with Gasteiger partial charge in [0.25, 0.3) is 0 Å². The molecule has 0 saturated heterocycles. The molecule has 0 unspecified atom stereocenters. The fourth-order valence-electron chi connectivity index (χ4n) is 4.69. The Kier molecular flexibility index (Phi) is 5.38. The third-order valence-corrected chi connectivity index (χ3v) is 6.50. The Morgan fingerprint density at radius 2 is 1.22 bits per heavy atom. The summed E-state index contributed by atoms with van der Waals surface area (Å²) >= 11 is 0. The van der Waals surface area contributed by atoms with Gasteiger partial charge in [-0.2, -0.15) is 5.10 Å². The lowest BCUT2D eigenvalue weighted by molar-refractivity contribution is 0.356. The number of nitrogens with zero attached hydrogens (tertiary/aromatic N) is 3. The van der Waals surface area contributed by atoms with Gasteiger partial charge >= 0.3 is 0 Å². The van der Waals surface area contributed by atoms with Crippen LogP contribution < -0.4 is 9.47 Å². The summed E-state index contributed by atoms with van der Waals surface area (Å²) in [4.78, 5) is 5.26. The molecule has 0 aliphatic heterocycles. The van der Waals surface area contributed by atoms with Crippen molar-refractivity contribution < 1.29 is 9.47 Å². The maximum Gasteiger partial charge on any atom is 0.164 e. The van der Waals surface area contributed by atoms with E-state index >= 15 is 0 Å². The number of fused-ring (bicyclic) bond motifs is 3. The van der Waals surface area contributed by atoms with Gasteiger partial charge in [-0.1, -0.05) is 78.4 Å². The minimum atomic E-state index is 0.663. The van der Waals surface area contributed by atoms with Crippen molar-refractivity contribution in [3.63, 3.8) is 0 Å². The minimum Gasteiger partial charge on any atom is -0.493 e. The molecule has 0 aliphatic carbocycles. The molecule has 0 atom stereocenters. The largest absolute Gasteiger partial charge is 0.493 e. The first-order valence-electron chi connectivity index (χ1n) is 11.8. The lowest BCUT2D eigenvalue weighted by atomic mass is 9.98. The molecule has 6 aromatic rings. The van der Waals surface area contributed by atoms with Crippen LogP contribution in [0.25, 0.3) is 50.0 Å². The number of hydrogen-bond donors (Lipinski definition) is 0. The van der Waals surface area contributed by atoms with Crippen LogP contribution in [0.3, 0.4) is 0 Å². The topological polar surface area (TPSA) is 49.2 Å². The number of aromatic nitrogens is 3. The summed E-state index contributed by atoms with van der Waals surface area (Å²) in [5.41, 5.74) is 6.73. The highest BCUT2D eigenvalue weighted by Gasteiger charge is 2.22. The van der Waals surface area contributed by atoms with E-state index in [9.17, 15) is 0 Å². The van der Waals surface area contributed by atoms with Crippen molar-refractivity contribution in [1.29, 1.82) is 0 Å². The molecule has 0 amide bonds. The van der Waals surface area contributed by atoms with E-state index in [0.717, 1.165) is 50.0 Å². The molecule has 0 N–H and O–H groups in total. The van der Waals surface area contributed by atoms with Crippen LogP contribution in [0.15, 0.2) is 97.1 Å². The van der Waals surface area contributed by atoms with E-state index in [0.29, 0.717) is 11.5 Å². The number of rotatable bonds is 5. The molecule has 0 saturated carbocycles. The summed E-state index contributed by atoms with van der Waals surface area (Å²) in [6, 6.07) is 32.9. The van der Waals surface area contributed by atoms with E-state index in [2.05, 4.69) is 43.3 Å². The molecule has 5 heteroatoms. The Bertz CT molecular complexity index is 1690. The Labute approximate surface area is 209 Å². The number of para-hydroxylation sites is 1. The molecule has 0 fully saturated rings. The lowest BCUT2D eigenvalue weighted by Crippen LogP contribution is -1.99. The average molecular weight is 472 g/mol. The van der Waals surface area contributed by atoms with Gasteiger partial charge in [0.05, 0.1) is 31.0 Å². The summed E-state index contributed by atoms with van der Waals surface area (Å²) in [5.74, 6) is 1.33. The first-order chi connectivity index (χ1) is 17.7. The quantitative estimate of drug-likeness (QED) is 0.266. The van der Waals surface area contributed by atoms with Crippen molar-refractivity contribution in [1.82, 2.24) is 14.8 Å². The molecule has 2 heterocycles. The van der Waals surface area contributed by atoms with Gasteiger partial charge in [-0.25, -0.2) is 9.67 Å². The summed E-state index contributed by atoms with van der Waals surface area (Å²) in [7, 11) is 3.32. The predicted molar refractivity (Wildman–Crippen MR) is 145 cm³/mol. The zero-order valence-corrected chi connectivity index (χ0v) is 20.4. The molecule has 0 aliphatic rings. The predicted octanol–water partition coefficient (Wildman–Crippen LogP) is 7.23. The lowest BCUT2D eigenvalue weighted by Gasteiger charge is -2.14. The van der Waals surface area contributed by atoms with Crippen molar-refractivity contribution in [2.75, 3.05) is 14.2 Å². The number of aryl methyl sites for hydroxylation is 1. The van der Waals surface area contributed by atoms with Crippen LogP contribution in [0.1, 0.15) is 5.56 Å². The van der Waals surface area contributed by atoms with Crippen LogP contribution in [0.4, 0.5) is 0 Å². The van der Waals surface area contributed by atoms with Crippen LogP contribution in [0, 0.1) is 6.92 Å². The van der Waals surface area contributed by atoms with E-state index in [1.807, 2.05) is 65.3 Å². The molecule has 4 aromatic carbocycles. The van der Waals surface area contributed by atoms with E-state index in [4.69, 9.17) is 19.6 Å². The van der Waals surface area contributed by atoms with Crippen LogP contribution in [-0.2, 0) is 0 Å². The number of methoxy groups -OCH3 is 2. The highest BCUT2D eigenvalue weighted by atomic mass is 16.5. The van der Waals surface area contributed by atoms with Crippen molar-refractivity contribution in [2.45, 2.75) is 6.92 Å². The van der Waals surface area contributed by atoms with E-state index in [-0.39, 0.29) is 0 Å². The normalized spacial score (nSPS) is 11.2. The number of benzene rings is 4. The molecular weight excluding hydrogens is 446 g/mol. The van der Waals surface area contributed by atoms with Crippen LogP contribution in [-0.4, -0.2) is 29.0 Å². The molecule has 0 spiro atoms. The van der Waals surface area contributed by atoms with Gasteiger partial charge in [0.1, 0.15) is 5.69 Å². The molecule has 5 nitrogen and oxygen atoms in total. The fraction of sp³-hybridized carbons (Fsp3) is 0.0968. The van der Waals surface area contributed by atoms with Crippen LogP contribution in [0.2, 0.25) is 0 Å². The molecule has 0 bridgehead atoms. The standard InChI is InChI=1S/C31H25N3O2/c1-20-14-16-22(17-15-20)29-25-19-27(36-3)26(35-2)18-24(25)28-30(21-10-6-4-7-11-21)33-34(31(28)32-29)23-12-8-5-9-13-23/h4-19H,1-3H3. The Morgan fingerprint density at radius 1 is 0.639 bits per heavy atom. The molecule has 0 radical (unpaired) electrons. The summed E-state index contributed by atoms with van der Waals surface area (Å²) in [5, 5.41) is 8.07. The minimum absolute atomic E-state index is 0.663. The second-order valence-electron chi connectivity index (χ2n) is 8.74. The summed E-state index contributed by atoms with van der Waals surface area (Å²) < 4.78 is 13.3. The Hall–Kier alpha value is -4.64. The van der Waals surface area contributed by atoms with Gasteiger partial charge in [-0.3, -0.25) is 0 Å². The van der Waals surface area contributed by atoms with Crippen molar-refractivity contribution in [3.05, 3.63) is 103 Å². The van der Waals surface area contributed by atoms with Gasteiger partial charge in [0, 0.05) is 21.9 Å². The average Bonchev–Trinajstić information content (AvgIpc) is 3.33. The molecule has 36 heavy (non-hydrogen) atoms. The number of ether oxygens (including phenoxy) is 2. The van der Waals surface area contributed by atoms with Crippen molar-refractivity contribution in [2.24, 2.45) is 0 Å². The van der Waals surface area contributed by atoms with Gasteiger partial charge < -0.3 is 9.47 Å². The van der Waals surface area contributed by atoms with Gasteiger partial charge in [-0.05, 0) is 31.2 Å². The second-order valence-corrected chi connectivity index (χ2v) is 8.74. The monoisotopic (exact) mass is 471 g/mol. The summed E-state index contributed by atoms with van der Waals surface area (Å²) in [6.45, 7) is 2.09. The molecule has 176 valence electrons. The number of pyridine rings is 1. The van der Waals surface area contributed by atoms with Crippen molar-refractivity contribution in [3.8, 4) is 39.7 Å². The highest BCUT2D eigenvalue weighted by Crippen LogP contribution is 2.42. The molecular formula is C31H25N3O2. The summed E-state index contributed by atoms with van der Waals surface area (Å²) in [6.07, 6.45) is 0. The molecule has 2 aromatic heterocycles. The number of hydrogen-bond acceptors (Lipinski definition) is 4. The maximum absolute atomic E-state index is 5.72. The zero-order valence-electron chi connectivity index (χ0n) is 20.4. The van der Waals surface area contributed by atoms with Crippen LogP contribution >= 0.6 is 0 Å². The first-order valence-corrected chi connectivity index (χ1v) is 11.8. The third kappa shape index (κ3) is 3.57. The Morgan fingerprint density at radius 3 is 1.86 bits per heavy atom. The molecule has 6 rings (SSSR count). The zero-order chi connectivity index (χ0) is 24.6. The SMILES string of the molecule is COc1cc2c(-c3ccc(C)cc3)nc3c(c(-c4ccccc4)nn3-c3ccccc3)c2cc1OC. The fourth-order valence-corrected chi connectivity index (χ4v) is 4.69. The van der Waals surface area contributed by atoms with E-state index in [1.54, 1.807) is 14.2 Å². The van der Waals surface area contributed by atoms with Gasteiger partial charge in [0.15, 0.2) is 17.1 Å². The third-order valence-electron chi connectivity index (χ3n) is 6.50. The highest BCUT2D eigenvalue weighted by molar-refractivity contribution is 6.16. The first kappa shape index (κ1) is 21.9. The smallest absolute Gasteiger partial charge is 0.164 e.